The minimum Gasteiger partial charge on any atom is -0.454 e. The number of hydrogen-bond acceptors (Lipinski definition) is 9. The molecular weight excluding hydrogens is 523 g/mol. The van der Waals surface area contributed by atoms with Crippen molar-refractivity contribution in [2.45, 2.75) is 19.6 Å². The summed E-state index contributed by atoms with van der Waals surface area (Å²) in [7, 11) is 0. The molecule has 1 aromatic heterocycles. The molecule has 3 heterocycles. The van der Waals surface area contributed by atoms with Gasteiger partial charge in [0.05, 0.1) is 10.2 Å². The third kappa shape index (κ3) is 5.17. The second kappa shape index (κ2) is 10.2. The van der Waals surface area contributed by atoms with Crippen LogP contribution in [0.4, 0.5) is 18.3 Å². The van der Waals surface area contributed by atoms with Crippen LogP contribution >= 0.6 is 11.3 Å². The summed E-state index contributed by atoms with van der Waals surface area (Å²) in [6.45, 7) is 3.80. The van der Waals surface area contributed by atoms with Crippen molar-refractivity contribution in [3.05, 3.63) is 59.3 Å². The number of fused-ring (bicyclic) bond motifs is 2. The maximum atomic E-state index is 13.6. The molecule has 9 nitrogen and oxygen atoms in total. The van der Waals surface area contributed by atoms with Crippen LogP contribution in [0.25, 0.3) is 10.2 Å². The van der Waals surface area contributed by atoms with E-state index in [1.165, 1.54) is 6.92 Å². The van der Waals surface area contributed by atoms with Crippen LogP contribution in [0.5, 0.6) is 11.5 Å². The number of para-hydroxylation sites is 1. The minimum atomic E-state index is -5.25. The number of ketones is 1. The summed E-state index contributed by atoms with van der Waals surface area (Å²) in [4.78, 5) is 33.6. The molecule has 1 saturated heterocycles. The molecule has 2 aromatic carbocycles. The fraction of sp³-hybridized carbons (Fsp3) is 0.320. The number of alkyl halides is 3. The highest BCUT2D eigenvalue weighted by atomic mass is 32.1. The van der Waals surface area contributed by atoms with Gasteiger partial charge in [0.15, 0.2) is 11.5 Å². The summed E-state index contributed by atoms with van der Waals surface area (Å²) < 4.78 is 52.1. The number of thiazole rings is 1. The maximum Gasteiger partial charge on any atom is 0.455 e. The molecule has 2 N–H and O–H groups in total. The molecule has 5 rings (SSSR count). The van der Waals surface area contributed by atoms with Crippen LogP contribution in [-0.2, 0) is 16.1 Å². The molecule has 0 aliphatic carbocycles. The molecule has 0 unspecified atom stereocenters. The van der Waals surface area contributed by atoms with Crippen molar-refractivity contribution < 1.29 is 32.2 Å². The van der Waals surface area contributed by atoms with Gasteiger partial charge in [-0.1, -0.05) is 29.5 Å². The fourth-order valence-corrected chi connectivity index (χ4v) is 5.31. The number of hydrogen-bond donors (Lipinski definition) is 1. The Kier molecular flexibility index (Phi) is 6.99. The van der Waals surface area contributed by atoms with Gasteiger partial charge in [0.25, 0.3) is 11.7 Å². The second-order valence-electron chi connectivity index (χ2n) is 8.88. The van der Waals surface area contributed by atoms with Crippen LogP contribution in [0.1, 0.15) is 12.5 Å². The van der Waals surface area contributed by atoms with E-state index < -0.39 is 23.4 Å². The van der Waals surface area contributed by atoms with Gasteiger partial charge in [0, 0.05) is 38.4 Å². The van der Waals surface area contributed by atoms with Gasteiger partial charge < -0.3 is 14.4 Å². The van der Waals surface area contributed by atoms with E-state index in [0.29, 0.717) is 59.4 Å². The van der Waals surface area contributed by atoms with Crippen LogP contribution < -0.4 is 20.3 Å². The van der Waals surface area contributed by atoms with Gasteiger partial charge >= 0.3 is 6.18 Å². The first-order valence-electron chi connectivity index (χ1n) is 11.7. The summed E-state index contributed by atoms with van der Waals surface area (Å²) in [5, 5.41) is 0.508. The predicted molar refractivity (Wildman–Crippen MR) is 134 cm³/mol. The Hall–Kier alpha value is -3.68. The van der Waals surface area contributed by atoms with Gasteiger partial charge in [-0.05, 0) is 36.8 Å². The average molecular weight is 548 g/mol. The van der Waals surface area contributed by atoms with Gasteiger partial charge in [0.1, 0.15) is 5.57 Å². The quantitative estimate of drug-likeness (QED) is 0.125. The highest BCUT2D eigenvalue weighted by Gasteiger charge is 2.46. The van der Waals surface area contributed by atoms with Crippen molar-refractivity contribution in [3.8, 4) is 11.5 Å². The van der Waals surface area contributed by atoms with E-state index in [-0.39, 0.29) is 17.6 Å². The molecule has 0 atom stereocenters. The van der Waals surface area contributed by atoms with E-state index in [1.807, 2.05) is 18.2 Å². The molecule has 3 aromatic rings. The lowest BCUT2D eigenvalue weighted by molar-refractivity contribution is -0.167. The summed E-state index contributed by atoms with van der Waals surface area (Å²) in [5.41, 5.74) is 0.464. The molecule has 200 valence electrons. The number of benzene rings is 2. The van der Waals surface area contributed by atoms with Gasteiger partial charge in [-0.3, -0.25) is 14.5 Å². The first-order chi connectivity index (χ1) is 18.1. The molecule has 0 spiro atoms. The Morgan fingerprint density at radius 3 is 2.50 bits per heavy atom. The summed E-state index contributed by atoms with van der Waals surface area (Å²) >= 11 is 1.04. The lowest BCUT2D eigenvalue weighted by Gasteiger charge is -2.37. The van der Waals surface area contributed by atoms with Crippen molar-refractivity contribution in [2.75, 3.05) is 38.0 Å². The topological polar surface area (TPSA) is 101 Å². The number of ether oxygens (including phenoxy) is 2. The van der Waals surface area contributed by atoms with E-state index in [4.69, 9.17) is 15.3 Å². The van der Waals surface area contributed by atoms with Gasteiger partial charge in [0.2, 0.25) is 11.9 Å². The third-order valence-corrected chi connectivity index (χ3v) is 7.49. The largest absolute Gasteiger partial charge is 0.455 e. The Morgan fingerprint density at radius 1 is 1.08 bits per heavy atom. The number of anilines is 1. The predicted octanol–water partition coefficient (Wildman–Crippen LogP) is 3.45. The number of allylic oxidation sites excluding steroid dienone is 1. The van der Waals surface area contributed by atoms with Gasteiger partial charge in [-0.15, -0.1) is 0 Å². The summed E-state index contributed by atoms with van der Waals surface area (Å²) in [6.07, 6.45) is -5.25. The Balaban J connectivity index is 1.34. The zero-order valence-electron chi connectivity index (χ0n) is 20.3. The summed E-state index contributed by atoms with van der Waals surface area (Å²) in [6, 6.07) is 12.6. The molecule has 2 aliphatic rings. The number of halogens is 3. The monoisotopic (exact) mass is 547 g/mol. The minimum absolute atomic E-state index is 0.00924. The molecule has 1 fully saturated rings. The summed E-state index contributed by atoms with van der Waals surface area (Å²) in [5.74, 6) is 3.80. The standard InChI is InChI=1S/C25H24F3N5O4S/c1-15(32-10-8-31(9-11-32)13-16-6-7-18-19(12-16)37-14-36-18)21(22(34)25(26,27)28)23(35)33(29)24-30-17-4-2-3-5-20(17)38-24/h2-7,12H,8-11,13-14,29H2,1H3. The molecule has 1 amide bonds. The molecule has 13 heteroatoms. The van der Waals surface area contributed by atoms with Crippen molar-refractivity contribution >= 4 is 38.4 Å². The van der Waals surface area contributed by atoms with Crippen LogP contribution in [-0.4, -0.2) is 65.6 Å². The lowest BCUT2D eigenvalue weighted by Crippen LogP contribution is -2.48. The smallest absolute Gasteiger partial charge is 0.454 e. The first kappa shape index (κ1) is 25.9. The number of rotatable bonds is 6. The molecule has 0 radical (unpaired) electrons. The normalized spacial score (nSPS) is 16.5. The van der Waals surface area contributed by atoms with Gasteiger partial charge in [-0.2, -0.15) is 13.2 Å². The zero-order chi connectivity index (χ0) is 27.0. The number of nitrogens with zero attached hydrogens (tertiary/aromatic N) is 4. The van der Waals surface area contributed by atoms with Crippen LogP contribution in [0, 0.1) is 0 Å². The number of carbonyl (C=O) groups is 2. The van der Waals surface area contributed by atoms with Crippen LogP contribution in [0.15, 0.2) is 53.7 Å². The van der Waals surface area contributed by atoms with Crippen molar-refractivity contribution in [2.24, 2.45) is 5.84 Å². The molecule has 0 bridgehead atoms. The average Bonchev–Trinajstić information content (AvgIpc) is 3.54. The second-order valence-corrected chi connectivity index (χ2v) is 9.89. The lowest BCUT2D eigenvalue weighted by atomic mass is 10.1. The number of Topliss-reactive ketones (excluding diaryl/α,β-unsaturated/α-hetero) is 1. The van der Waals surface area contributed by atoms with E-state index in [1.54, 1.807) is 29.2 Å². The van der Waals surface area contributed by atoms with Crippen molar-refractivity contribution in [1.82, 2.24) is 14.8 Å². The fourth-order valence-electron chi connectivity index (χ4n) is 4.43. The third-order valence-electron chi connectivity index (χ3n) is 6.46. The highest BCUT2D eigenvalue weighted by molar-refractivity contribution is 7.22. The van der Waals surface area contributed by atoms with Gasteiger partial charge in [-0.25, -0.2) is 15.8 Å². The number of hydrazine groups is 1. The van der Waals surface area contributed by atoms with Crippen molar-refractivity contribution in [3.63, 3.8) is 0 Å². The number of aromatic nitrogens is 1. The van der Waals surface area contributed by atoms with E-state index in [2.05, 4.69) is 9.88 Å². The molecule has 38 heavy (non-hydrogen) atoms. The number of piperazine rings is 1. The molecule has 2 aliphatic heterocycles. The van der Waals surface area contributed by atoms with E-state index >= 15 is 0 Å². The highest BCUT2D eigenvalue weighted by Crippen LogP contribution is 2.33. The Bertz CT molecular complexity index is 1380. The first-order valence-corrected chi connectivity index (χ1v) is 12.6. The zero-order valence-corrected chi connectivity index (χ0v) is 21.1. The van der Waals surface area contributed by atoms with E-state index in [9.17, 15) is 22.8 Å². The Morgan fingerprint density at radius 2 is 1.79 bits per heavy atom. The maximum absolute atomic E-state index is 13.6. The number of nitrogens with two attached hydrogens (primary N) is 1. The van der Waals surface area contributed by atoms with Crippen LogP contribution in [0.2, 0.25) is 0 Å². The molecule has 0 saturated carbocycles. The Labute approximate surface area is 219 Å². The van der Waals surface area contributed by atoms with E-state index in [0.717, 1.165) is 16.9 Å². The van der Waals surface area contributed by atoms with Crippen molar-refractivity contribution in [1.29, 1.82) is 0 Å². The number of carbonyl (C=O) groups excluding carboxylic acids is 2. The number of amides is 1. The molecular formula is C25H24F3N5O4S. The van der Waals surface area contributed by atoms with Crippen LogP contribution in [0.3, 0.4) is 0 Å². The SMILES string of the molecule is CC(=C(C(=O)N(N)c1nc2ccccc2s1)C(=O)C(F)(F)F)N1CCN(Cc2ccc3c(c2)OCO3)CC1.